The fourth-order valence-electron chi connectivity index (χ4n) is 2.07. The molecule has 0 bridgehead atoms. The van der Waals surface area contributed by atoms with Crippen molar-refractivity contribution in [2.24, 2.45) is 5.41 Å². The number of rotatable bonds is 1. The van der Waals surface area contributed by atoms with E-state index in [0.717, 1.165) is 16.9 Å². The van der Waals surface area contributed by atoms with Crippen molar-refractivity contribution in [1.29, 1.82) is 0 Å². The molecule has 0 spiro atoms. The summed E-state index contributed by atoms with van der Waals surface area (Å²) in [5, 5.41) is 0. The molecule has 1 N–H and O–H groups in total. The fourth-order valence-corrected chi connectivity index (χ4v) is 2.07. The molecule has 0 radical (unpaired) electrons. The number of nitrogens with one attached hydrogen (secondary N) is 1. The molecule has 1 atom stereocenters. The molecular weight excluding hydrogens is 172 g/mol. The summed E-state index contributed by atoms with van der Waals surface area (Å²) in [6.07, 6.45) is 1.26. The van der Waals surface area contributed by atoms with E-state index in [2.05, 4.69) is 35.9 Å². The molecule has 1 aliphatic rings. The molecule has 14 heavy (non-hydrogen) atoms. The first-order chi connectivity index (χ1) is 6.67. The summed E-state index contributed by atoms with van der Waals surface area (Å²) in [6.45, 7) is 4.59. The molecule has 0 aliphatic heterocycles. The van der Waals surface area contributed by atoms with Crippen molar-refractivity contribution in [2.75, 3.05) is 0 Å². The largest absolute Gasteiger partial charge is 0.342 e. The Kier molecular flexibility index (Phi) is 1.37. The lowest BCUT2D eigenvalue weighted by Crippen LogP contribution is -1.91. The Morgan fingerprint density at radius 2 is 2.07 bits per heavy atom. The first-order valence-corrected chi connectivity index (χ1v) is 5.11. The number of H-pyrrole nitrogens is 1. The monoisotopic (exact) mass is 186 g/mol. The Labute approximate surface area is 83.4 Å². The molecule has 1 aromatic carbocycles. The summed E-state index contributed by atoms with van der Waals surface area (Å²) in [5.74, 6) is 1.80. The van der Waals surface area contributed by atoms with Gasteiger partial charge in [0.2, 0.25) is 0 Å². The molecule has 0 saturated heterocycles. The van der Waals surface area contributed by atoms with Crippen LogP contribution in [0.5, 0.6) is 0 Å². The van der Waals surface area contributed by atoms with Gasteiger partial charge in [-0.1, -0.05) is 26.0 Å². The molecule has 2 nitrogen and oxygen atoms in total. The summed E-state index contributed by atoms with van der Waals surface area (Å²) in [5.41, 5.74) is 2.70. The summed E-state index contributed by atoms with van der Waals surface area (Å²) in [6, 6.07) is 8.22. The molecule has 72 valence electrons. The van der Waals surface area contributed by atoms with Gasteiger partial charge in [-0.15, -0.1) is 0 Å². The minimum Gasteiger partial charge on any atom is -0.342 e. The number of hydrogen-bond acceptors (Lipinski definition) is 1. The SMILES string of the molecule is CC1(C)CC1c1nc2ccccc2[nH]1. The van der Waals surface area contributed by atoms with Crippen molar-refractivity contribution >= 4 is 11.0 Å². The first kappa shape index (κ1) is 8.04. The average Bonchev–Trinajstić information content (AvgIpc) is 2.62. The van der Waals surface area contributed by atoms with E-state index in [-0.39, 0.29) is 0 Å². The molecule has 1 aromatic heterocycles. The van der Waals surface area contributed by atoms with E-state index in [0.29, 0.717) is 11.3 Å². The van der Waals surface area contributed by atoms with Crippen LogP contribution in [0.15, 0.2) is 24.3 Å². The van der Waals surface area contributed by atoms with Gasteiger partial charge in [0.1, 0.15) is 5.82 Å². The summed E-state index contributed by atoms with van der Waals surface area (Å²) < 4.78 is 0. The predicted octanol–water partition coefficient (Wildman–Crippen LogP) is 3.08. The van der Waals surface area contributed by atoms with Crippen LogP contribution in [0.4, 0.5) is 0 Å². The van der Waals surface area contributed by atoms with Crippen LogP contribution in [0.2, 0.25) is 0 Å². The Balaban J connectivity index is 2.08. The minimum absolute atomic E-state index is 0.452. The second kappa shape index (κ2) is 2.38. The lowest BCUT2D eigenvalue weighted by molar-refractivity contribution is 0.612. The zero-order valence-electron chi connectivity index (χ0n) is 8.54. The predicted molar refractivity (Wildman–Crippen MR) is 57.2 cm³/mol. The molecule has 1 unspecified atom stereocenters. The van der Waals surface area contributed by atoms with Crippen LogP contribution in [0, 0.1) is 5.41 Å². The Morgan fingerprint density at radius 3 is 2.71 bits per heavy atom. The Bertz CT molecular complexity index is 449. The number of hydrogen-bond donors (Lipinski definition) is 1. The van der Waals surface area contributed by atoms with Crippen molar-refractivity contribution in [3.63, 3.8) is 0 Å². The number of para-hydroxylation sites is 2. The zero-order valence-corrected chi connectivity index (χ0v) is 8.54. The van der Waals surface area contributed by atoms with E-state index in [4.69, 9.17) is 0 Å². The Hall–Kier alpha value is -1.31. The van der Waals surface area contributed by atoms with Crippen molar-refractivity contribution < 1.29 is 0 Å². The van der Waals surface area contributed by atoms with Gasteiger partial charge in [-0.05, 0) is 24.0 Å². The van der Waals surface area contributed by atoms with Gasteiger partial charge in [0.25, 0.3) is 0 Å². The average molecular weight is 186 g/mol. The van der Waals surface area contributed by atoms with E-state index in [1.165, 1.54) is 6.42 Å². The maximum Gasteiger partial charge on any atom is 0.110 e. The standard InChI is InChI=1S/C12H14N2/c1-12(2)7-8(12)11-13-9-5-3-4-6-10(9)14-11/h3-6,8H,7H2,1-2H3,(H,13,14). The van der Waals surface area contributed by atoms with Crippen molar-refractivity contribution in [3.8, 4) is 0 Å². The smallest absolute Gasteiger partial charge is 0.110 e. The molecule has 1 saturated carbocycles. The Morgan fingerprint density at radius 1 is 1.36 bits per heavy atom. The minimum atomic E-state index is 0.452. The molecule has 3 rings (SSSR count). The van der Waals surface area contributed by atoms with Gasteiger partial charge in [0.05, 0.1) is 11.0 Å². The summed E-state index contributed by atoms with van der Waals surface area (Å²) >= 11 is 0. The van der Waals surface area contributed by atoms with E-state index < -0.39 is 0 Å². The summed E-state index contributed by atoms with van der Waals surface area (Å²) in [4.78, 5) is 8.02. The van der Waals surface area contributed by atoms with Gasteiger partial charge in [0.15, 0.2) is 0 Å². The van der Waals surface area contributed by atoms with Crippen molar-refractivity contribution in [1.82, 2.24) is 9.97 Å². The van der Waals surface area contributed by atoms with Crippen molar-refractivity contribution in [2.45, 2.75) is 26.2 Å². The number of fused-ring (bicyclic) bond motifs is 1. The topological polar surface area (TPSA) is 28.7 Å². The van der Waals surface area contributed by atoms with Crippen LogP contribution in [0.25, 0.3) is 11.0 Å². The normalized spacial score (nSPS) is 24.0. The maximum absolute atomic E-state index is 4.61. The highest BCUT2D eigenvalue weighted by Gasteiger charge is 2.48. The number of nitrogens with zero attached hydrogens (tertiary/aromatic N) is 1. The lowest BCUT2D eigenvalue weighted by atomic mass is 10.1. The van der Waals surface area contributed by atoms with Gasteiger partial charge >= 0.3 is 0 Å². The first-order valence-electron chi connectivity index (χ1n) is 5.11. The van der Waals surface area contributed by atoms with Gasteiger partial charge in [-0.2, -0.15) is 0 Å². The van der Waals surface area contributed by atoms with Gasteiger partial charge in [-0.25, -0.2) is 4.98 Å². The quantitative estimate of drug-likeness (QED) is 0.728. The van der Waals surface area contributed by atoms with Gasteiger partial charge in [0, 0.05) is 5.92 Å². The van der Waals surface area contributed by atoms with Gasteiger partial charge in [-0.3, -0.25) is 0 Å². The lowest BCUT2D eigenvalue weighted by Gasteiger charge is -1.97. The molecular formula is C12H14N2. The number of imidazole rings is 1. The van der Waals surface area contributed by atoms with Crippen LogP contribution in [-0.4, -0.2) is 9.97 Å². The molecule has 2 aromatic rings. The molecule has 1 heterocycles. The molecule has 2 heteroatoms. The van der Waals surface area contributed by atoms with E-state index in [9.17, 15) is 0 Å². The van der Waals surface area contributed by atoms with Crippen LogP contribution in [0.1, 0.15) is 32.0 Å². The van der Waals surface area contributed by atoms with Crippen LogP contribution >= 0.6 is 0 Å². The third kappa shape index (κ3) is 1.07. The van der Waals surface area contributed by atoms with Gasteiger partial charge < -0.3 is 4.98 Å². The highest BCUT2D eigenvalue weighted by atomic mass is 14.9. The van der Waals surface area contributed by atoms with E-state index in [1.807, 2.05) is 12.1 Å². The van der Waals surface area contributed by atoms with Crippen LogP contribution in [-0.2, 0) is 0 Å². The highest BCUT2D eigenvalue weighted by molar-refractivity contribution is 5.75. The third-order valence-corrected chi connectivity index (χ3v) is 3.25. The summed E-state index contributed by atoms with van der Waals surface area (Å²) in [7, 11) is 0. The van der Waals surface area contributed by atoms with Crippen LogP contribution in [0.3, 0.4) is 0 Å². The third-order valence-electron chi connectivity index (χ3n) is 3.25. The van der Waals surface area contributed by atoms with E-state index >= 15 is 0 Å². The van der Waals surface area contributed by atoms with Crippen LogP contribution < -0.4 is 0 Å². The maximum atomic E-state index is 4.61. The van der Waals surface area contributed by atoms with E-state index in [1.54, 1.807) is 0 Å². The zero-order chi connectivity index (χ0) is 9.76. The number of benzene rings is 1. The number of aromatic amines is 1. The second-order valence-corrected chi connectivity index (χ2v) is 4.88. The van der Waals surface area contributed by atoms with Crippen molar-refractivity contribution in [3.05, 3.63) is 30.1 Å². The molecule has 0 amide bonds. The number of aromatic nitrogens is 2. The fraction of sp³-hybridized carbons (Fsp3) is 0.417. The highest BCUT2D eigenvalue weighted by Crippen LogP contribution is 2.57. The second-order valence-electron chi connectivity index (χ2n) is 4.88. The molecule has 1 aliphatic carbocycles. The molecule has 1 fully saturated rings.